The summed E-state index contributed by atoms with van der Waals surface area (Å²) in [6.45, 7) is 1.20. The summed E-state index contributed by atoms with van der Waals surface area (Å²) in [6, 6.07) is 0. The Labute approximate surface area is 109 Å². The summed E-state index contributed by atoms with van der Waals surface area (Å²) in [5, 5.41) is 9.48. The molecule has 1 rings (SSSR count). The monoisotopic (exact) mass is 312 g/mol. The molecular formula is C12H17O3Rh. The van der Waals surface area contributed by atoms with Gasteiger partial charge in [-0.15, -0.1) is 0 Å². The number of aliphatic carboxylic acids is 1. The molecule has 0 saturated carbocycles. The maximum atomic E-state index is 9.83. The molecule has 0 atom stereocenters. The van der Waals surface area contributed by atoms with Crippen LogP contribution in [0.25, 0.3) is 0 Å². The number of carboxylic acid groups (broad SMARTS) is 1. The van der Waals surface area contributed by atoms with Gasteiger partial charge in [-0.2, -0.15) is 0 Å². The number of allylic oxidation sites excluding steroid dienone is 4. The first-order valence-electron chi connectivity index (χ1n) is 5.12. The van der Waals surface area contributed by atoms with E-state index in [2.05, 4.69) is 24.3 Å². The molecule has 0 N–H and O–H groups in total. The van der Waals surface area contributed by atoms with Crippen LogP contribution in [0, 0.1) is 0 Å². The van der Waals surface area contributed by atoms with Gasteiger partial charge in [0, 0.05) is 12.4 Å². The molecule has 0 fully saturated rings. The molecule has 16 heavy (non-hydrogen) atoms. The molecular weight excluding hydrogens is 295 g/mol. The Morgan fingerprint density at radius 2 is 1.31 bits per heavy atom. The molecule has 92 valence electrons. The van der Waals surface area contributed by atoms with E-state index in [-0.39, 0.29) is 25.3 Å². The smallest absolute Gasteiger partial charge is 0.550 e. The summed E-state index contributed by atoms with van der Waals surface area (Å²) < 4.78 is 0. The summed E-state index contributed by atoms with van der Waals surface area (Å²) in [5.41, 5.74) is 0. The van der Waals surface area contributed by atoms with E-state index in [9.17, 15) is 14.7 Å². The van der Waals surface area contributed by atoms with E-state index in [1.165, 1.54) is 32.6 Å². The van der Waals surface area contributed by atoms with E-state index in [0.717, 1.165) is 0 Å². The van der Waals surface area contributed by atoms with Crippen LogP contribution >= 0.6 is 0 Å². The molecule has 4 heteroatoms. The number of hydrogen-bond donors (Lipinski definition) is 0. The van der Waals surface area contributed by atoms with Gasteiger partial charge in [-0.1, -0.05) is 24.3 Å². The Hall–Kier alpha value is -0.757. The van der Waals surface area contributed by atoms with E-state index in [4.69, 9.17) is 0 Å². The van der Waals surface area contributed by atoms with Crippen LogP contribution in [0.1, 0.15) is 39.0 Å². The average Bonchev–Trinajstić information content (AvgIpc) is 1.99. The van der Waals surface area contributed by atoms with Crippen molar-refractivity contribution in [2.24, 2.45) is 0 Å². The van der Waals surface area contributed by atoms with Gasteiger partial charge in [0.2, 0.25) is 0 Å². The second kappa shape index (κ2) is 12.3. The van der Waals surface area contributed by atoms with Gasteiger partial charge in [-0.25, -0.2) is 0 Å². The molecule has 0 aromatic rings. The Bertz CT molecular complexity index is 219. The fourth-order valence-electron chi connectivity index (χ4n) is 1.06. The quantitative estimate of drug-likeness (QED) is 0.440. The first kappa shape index (κ1) is 17.6. The molecule has 0 saturated heterocycles. The van der Waals surface area contributed by atoms with Gasteiger partial charge >= 0.3 is 19.5 Å². The van der Waals surface area contributed by atoms with Crippen molar-refractivity contribution in [3.8, 4) is 0 Å². The van der Waals surface area contributed by atoms with Gasteiger partial charge in [-0.3, -0.25) is 4.79 Å². The van der Waals surface area contributed by atoms with Crippen molar-refractivity contribution in [2.75, 3.05) is 0 Å². The molecule has 0 aromatic carbocycles. The van der Waals surface area contributed by atoms with Crippen molar-refractivity contribution in [1.29, 1.82) is 0 Å². The fraction of sp³-hybridized carbons (Fsp3) is 0.500. The molecule has 1 aliphatic rings. The van der Waals surface area contributed by atoms with E-state index < -0.39 is 12.4 Å². The van der Waals surface area contributed by atoms with Gasteiger partial charge in [0.15, 0.2) is 0 Å². The predicted octanol–water partition coefficient (Wildman–Crippen LogP) is 1.39. The molecule has 0 spiro atoms. The zero-order valence-electron chi connectivity index (χ0n) is 9.40. The number of ketones is 1. The van der Waals surface area contributed by atoms with Crippen LogP contribution in [0.15, 0.2) is 24.3 Å². The standard InChI is InChI=1S/C8H12.C4H6O3.Rh/c1-2-4-6-8-7-5-3-1;1-3(5)2-4(6)7;/h1-2,7-8H,3-6H2;2H2,1H3,(H,6,7);/q;;+1/p-1/b2-1-,8-7-;;. The van der Waals surface area contributed by atoms with Gasteiger partial charge in [0.05, 0.1) is 0 Å². The number of Topliss-reactive ketones (excluding diaryl/α,β-unsaturated/α-hetero) is 1. The van der Waals surface area contributed by atoms with Crippen LogP contribution < -0.4 is 5.11 Å². The second-order valence-corrected chi connectivity index (χ2v) is 3.35. The summed E-state index contributed by atoms with van der Waals surface area (Å²) in [6.07, 6.45) is 13.5. The molecule has 0 bridgehead atoms. The van der Waals surface area contributed by atoms with Crippen molar-refractivity contribution in [3.63, 3.8) is 0 Å². The number of carbonyl (C=O) groups is 2. The third kappa shape index (κ3) is 15.7. The Balaban J connectivity index is 0. The third-order valence-electron chi connectivity index (χ3n) is 1.73. The van der Waals surface area contributed by atoms with Crippen molar-refractivity contribution < 1.29 is 34.2 Å². The molecule has 0 aromatic heterocycles. The van der Waals surface area contributed by atoms with E-state index in [1.807, 2.05) is 0 Å². The second-order valence-electron chi connectivity index (χ2n) is 3.35. The molecule has 0 amide bonds. The van der Waals surface area contributed by atoms with Crippen LogP contribution in [0.5, 0.6) is 0 Å². The topological polar surface area (TPSA) is 57.2 Å². The fourth-order valence-corrected chi connectivity index (χ4v) is 1.06. The summed E-state index contributed by atoms with van der Waals surface area (Å²) in [4.78, 5) is 19.3. The van der Waals surface area contributed by atoms with Gasteiger partial charge in [-0.05, 0) is 32.6 Å². The van der Waals surface area contributed by atoms with Crippen LogP contribution in [0.2, 0.25) is 0 Å². The maximum Gasteiger partial charge on any atom is 1.00 e. The van der Waals surface area contributed by atoms with Crippen molar-refractivity contribution >= 4 is 11.8 Å². The normalized spacial score (nSPS) is 17.6. The first-order chi connectivity index (χ1) is 7.13. The van der Waals surface area contributed by atoms with Crippen LogP contribution in [0.4, 0.5) is 0 Å². The number of carboxylic acids is 1. The minimum absolute atomic E-state index is 0. The zero-order chi connectivity index (χ0) is 11.5. The molecule has 0 unspecified atom stereocenters. The maximum absolute atomic E-state index is 9.83. The van der Waals surface area contributed by atoms with Crippen LogP contribution in [0.3, 0.4) is 0 Å². The molecule has 3 nitrogen and oxygen atoms in total. The summed E-state index contributed by atoms with van der Waals surface area (Å²) in [7, 11) is 0. The molecule has 1 aliphatic carbocycles. The average molecular weight is 312 g/mol. The number of rotatable bonds is 2. The molecule has 0 radical (unpaired) electrons. The van der Waals surface area contributed by atoms with E-state index >= 15 is 0 Å². The van der Waals surface area contributed by atoms with Crippen LogP contribution in [-0.4, -0.2) is 11.8 Å². The van der Waals surface area contributed by atoms with Crippen molar-refractivity contribution in [2.45, 2.75) is 39.0 Å². The van der Waals surface area contributed by atoms with E-state index in [1.54, 1.807) is 0 Å². The summed E-state index contributed by atoms with van der Waals surface area (Å²) >= 11 is 0. The predicted molar refractivity (Wildman–Crippen MR) is 57.1 cm³/mol. The van der Waals surface area contributed by atoms with Crippen molar-refractivity contribution in [1.82, 2.24) is 0 Å². The third-order valence-corrected chi connectivity index (χ3v) is 1.73. The largest absolute Gasteiger partial charge is 1.00 e. The summed E-state index contributed by atoms with van der Waals surface area (Å²) in [5.74, 6) is -1.69. The van der Waals surface area contributed by atoms with Gasteiger partial charge < -0.3 is 9.90 Å². The van der Waals surface area contributed by atoms with Gasteiger partial charge in [0.1, 0.15) is 5.78 Å². The number of hydrogen-bond acceptors (Lipinski definition) is 3. The Morgan fingerprint density at radius 1 is 1.00 bits per heavy atom. The Kier molecular flexibility index (Phi) is 13.6. The molecule has 0 aliphatic heterocycles. The SMILES string of the molecule is C1=C\CC/C=C\CC/1.CC(=O)CC(=O)[O-].[Rh+]. The first-order valence-corrected chi connectivity index (χ1v) is 5.12. The van der Waals surface area contributed by atoms with Gasteiger partial charge in [0.25, 0.3) is 0 Å². The minimum atomic E-state index is -1.31. The van der Waals surface area contributed by atoms with Crippen LogP contribution in [-0.2, 0) is 29.1 Å². The minimum Gasteiger partial charge on any atom is -0.550 e. The zero-order valence-corrected chi connectivity index (χ0v) is 11.0. The number of carbonyl (C=O) groups excluding carboxylic acids is 2. The Morgan fingerprint density at radius 3 is 1.44 bits per heavy atom. The molecule has 0 heterocycles. The van der Waals surface area contributed by atoms with E-state index in [0.29, 0.717) is 0 Å². The van der Waals surface area contributed by atoms with Crippen molar-refractivity contribution in [3.05, 3.63) is 24.3 Å².